The predicted molar refractivity (Wildman–Crippen MR) is 136 cm³/mol. The van der Waals surface area contributed by atoms with Gasteiger partial charge >= 0.3 is 5.97 Å². The molecule has 0 aliphatic carbocycles. The topological polar surface area (TPSA) is 26.3 Å². The second-order valence-corrected chi connectivity index (χ2v) is 8.11. The number of unbranched alkanes of at least 4 members (excludes halogenated alkanes) is 1. The zero-order valence-electron chi connectivity index (χ0n) is 18.9. The molecule has 0 aromatic heterocycles. The first-order chi connectivity index (χ1) is 15.5. The smallest absolute Gasteiger partial charge is 0.343 e. The summed E-state index contributed by atoms with van der Waals surface area (Å²) >= 11 is 7.02. The van der Waals surface area contributed by atoms with Crippen LogP contribution < -0.4 is 0 Å². The fraction of sp³-hybridized carbons (Fsp3) is 0.207. The van der Waals surface area contributed by atoms with Crippen LogP contribution in [0.3, 0.4) is 0 Å². The lowest BCUT2D eigenvalue weighted by atomic mass is 9.99. The van der Waals surface area contributed by atoms with Gasteiger partial charge in [-0.25, -0.2) is 4.79 Å². The van der Waals surface area contributed by atoms with E-state index in [0.717, 1.165) is 46.7 Å². The molecule has 0 unspecified atom stereocenters. The number of rotatable bonds is 8. The lowest BCUT2D eigenvalue weighted by Crippen LogP contribution is -2.07. The number of hydrogen-bond donors (Lipinski definition) is 0. The number of fused-ring (bicyclic) bond motifs is 1. The van der Waals surface area contributed by atoms with E-state index >= 15 is 0 Å². The van der Waals surface area contributed by atoms with Crippen molar-refractivity contribution >= 4 is 34.1 Å². The van der Waals surface area contributed by atoms with E-state index in [1.807, 2.05) is 80.6 Å². The lowest BCUT2D eigenvalue weighted by Gasteiger charge is -2.16. The van der Waals surface area contributed by atoms with Gasteiger partial charge in [0.15, 0.2) is 5.76 Å². The number of esters is 1. The molecule has 0 N–H and O–H groups in total. The SMILES string of the molecule is C/C=C(C)/C=C(CCCC)/C(Cl)=C(\OC(=O)c1ccccc1)c1cccc2ccccc12. The molecule has 3 aromatic carbocycles. The minimum absolute atomic E-state index is 0.392. The highest BCUT2D eigenvalue weighted by Crippen LogP contribution is 2.35. The van der Waals surface area contributed by atoms with Crippen LogP contribution in [0.5, 0.6) is 0 Å². The maximum Gasteiger partial charge on any atom is 0.343 e. The van der Waals surface area contributed by atoms with E-state index in [2.05, 4.69) is 13.0 Å². The molecule has 0 radical (unpaired) electrons. The largest absolute Gasteiger partial charge is 0.421 e. The first-order valence-corrected chi connectivity index (χ1v) is 11.4. The quantitative estimate of drug-likeness (QED) is 0.197. The summed E-state index contributed by atoms with van der Waals surface area (Å²) in [5, 5.41) is 2.52. The van der Waals surface area contributed by atoms with Crippen molar-refractivity contribution in [3.8, 4) is 0 Å². The van der Waals surface area contributed by atoms with Crippen LogP contribution in [0.4, 0.5) is 0 Å². The van der Waals surface area contributed by atoms with Crippen LogP contribution in [0.15, 0.2) is 101 Å². The number of allylic oxidation sites excluding steroid dienone is 5. The maximum absolute atomic E-state index is 13.0. The summed E-state index contributed by atoms with van der Waals surface area (Å²) in [4.78, 5) is 13.0. The monoisotopic (exact) mass is 444 g/mol. The Kier molecular flexibility index (Phi) is 8.47. The molecule has 0 fully saturated rings. The van der Waals surface area contributed by atoms with Crippen molar-refractivity contribution in [2.24, 2.45) is 0 Å². The number of halogens is 1. The zero-order chi connectivity index (χ0) is 22.9. The molecule has 32 heavy (non-hydrogen) atoms. The lowest BCUT2D eigenvalue weighted by molar-refractivity contribution is 0.0691. The first-order valence-electron chi connectivity index (χ1n) is 11.0. The third-order valence-electron chi connectivity index (χ3n) is 5.38. The molecule has 0 amide bonds. The normalized spacial score (nSPS) is 13.1. The predicted octanol–water partition coefficient (Wildman–Crippen LogP) is 8.69. The Labute approximate surface area is 195 Å². The highest BCUT2D eigenvalue weighted by atomic mass is 35.5. The Hall–Kier alpha value is -3.10. The van der Waals surface area contributed by atoms with Gasteiger partial charge < -0.3 is 4.74 Å². The molecule has 3 heteroatoms. The molecule has 0 spiro atoms. The van der Waals surface area contributed by atoms with Gasteiger partial charge in [-0.2, -0.15) is 0 Å². The molecule has 0 saturated heterocycles. The fourth-order valence-corrected chi connectivity index (χ4v) is 3.77. The van der Waals surface area contributed by atoms with E-state index in [-0.39, 0.29) is 0 Å². The number of ether oxygens (including phenoxy) is 1. The molecule has 0 aliphatic rings. The fourth-order valence-electron chi connectivity index (χ4n) is 3.48. The average Bonchev–Trinajstić information content (AvgIpc) is 2.84. The molecular formula is C29H29ClO2. The van der Waals surface area contributed by atoms with Gasteiger partial charge in [-0.05, 0) is 55.2 Å². The minimum atomic E-state index is -0.427. The van der Waals surface area contributed by atoms with Gasteiger partial charge in [-0.3, -0.25) is 0 Å². The van der Waals surface area contributed by atoms with Crippen LogP contribution in [-0.4, -0.2) is 5.97 Å². The molecule has 3 aromatic rings. The third kappa shape index (κ3) is 5.77. The van der Waals surface area contributed by atoms with Gasteiger partial charge in [-0.15, -0.1) is 0 Å². The highest BCUT2D eigenvalue weighted by Gasteiger charge is 2.20. The number of benzene rings is 3. The van der Waals surface area contributed by atoms with Gasteiger partial charge in [-0.1, -0.05) is 103 Å². The Morgan fingerprint density at radius 2 is 1.66 bits per heavy atom. The molecule has 3 rings (SSSR count). The van der Waals surface area contributed by atoms with Crippen molar-refractivity contribution in [1.29, 1.82) is 0 Å². The minimum Gasteiger partial charge on any atom is -0.421 e. The van der Waals surface area contributed by atoms with Gasteiger partial charge in [0, 0.05) is 5.56 Å². The van der Waals surface area contributed by atoms with Gasteiger partial charge in [0.25, 0.3) is 0 Å². The van der Waals surface area contributed by atoms with Gasteiger partial charge in [0.2, 0.25) is 0 Å². The summed E-state index contributed by atoms with van der Waals surface area (Å²) in [6.45, 7) is 6.20. The Morgan fingerprint density at radius 3 is 2.38 bits per heavy atom. The van der Waals surface area contributed by atoms with E-state index in [0.29, 0.717) is 16.4 Å². The van der Waals surface area contributed by atoms with Crippen molar-refractivity contribution in [3.05, 3.63) is 112 Å². The average molecular weight is 445 g/mol. The second-order valence-electron chi connectivity index (χ2n) is 7.73. The van der Waals surface area contributed by atoms with E-state index in [4.69, 9.17) is 16.3 Å². The van der Waals surface area contributed by atoms with Gasteiger partial charge in [0.05, 0.1) is 10.6 Å². The van der Waals surface area contributed by atoms with Crippen molar-refractivity contribution < 1.29 is 9.53 Å². The molecule has 0 bridgehead atoms. The van der Waals surface area contributed by atoms with Crippen molar-refractivity contribution in [1.82, 2.24) is 0 Å². The third-order valence-corrected chi connectivity index (χ3v) is 5.79. The summed E-state index contributed by atoms with van der Waals surface area (Å²) < 4.78 is 6.02. The van der Waals surface area contributed by atoms with Crippen molar-refractivity contribution in [2.75, 3.05) is 0 Å². The van der Waals surface area contributed by atoms with Crippen LogP contribution in [0.2, 0.25) is 0 Å². The molecule has 0 atom stereocenters. The Balaban J connectivity index is 2.20. The zero-order valence-corrected chi connectivity index (χ0v) is 19.7. The van der Waals surface area contributed by atoms with Crippen molar-refractivity contribution in [3.63, 3.8) is 0 Å². The highest BCUT2D eigenvalue weighted by molar-refractivity contribution is 6.35. The maximum atomic E-state index is 13.0. The van der Waals surface area contributed by atoms with E-state index in [1.165, 1.54) is 0 Å². The molecule has 0 heterocycles. The summed E-state index contributed by atoms with van der Waals surface area (Å²) in [6, 6.07) is 23.0. The van der Waals surface area contributed by atoms with Gasteiger partial charge in [0.1, 0.15) is 0 Å². The van der Waals surface area contributed by atoms with Crippen LogP contribution in [0, 0.1) is 0 Å². The van der Waals surface area contributed by atoms with Crippen LogP contribution in [0.25, 0.3) is 16.5 Å². The molecular weight excluding hydrogens is 416 g/mol. The van der Waals surface area contributed by atoms with E-state index in [1.54, 1.807) is 12.1 Å². The summed E-state index contributed by atoms with van der Waals surface area (Å²) in [7, 11) is 0. The summed E-state index contributed by atoms with van der Waals surface area (Å²) in [5.41, 5.74) is 3.37. The number of carbonyl (C=O) groups is 1. The molecule has 0 aliphatic heterocycles. The van der Waals surface area contributed by atoms with Crippen LogP contribution in [0.1, 0.15) is 56.0 Å². The van der Waals surface area contributed by atoms with E-state index in [9.17, 15) is 4.79 Å². The second kappa shape index (κ2) is 11.5. The number of carbonyl (C=O) groups excluding carboxylic acids is 1. The molecule has 2 nitrogen and oxygen atoms in total. The molecule has 164 valence electrons. The first kappa shape index (κ1) is 23.6. The van der Waals surface area contributed by atoms with E-state index < -0.39 is 5.97 Å². The Morgan fingerprint density at radius 1 is 0.969 bits per heavy atom. The Bertz CT molecular complexity index is 1160. The van der Waals surface area contributed by atoms with Crippen molar-refractivity contribution in [2.45, 2.75) is 40.0 Å². The standard InChI is InChI=1S/C29H29ClO2/c1-4-6-13-24(20-21(3)5-2)27(30)28(32-29(31)23-15-8-7-9-16-23)26-19-12-17-22-14-10-11-18-25(22)26/h5,7-12,14-20H,4,6,13H2,1-3H3/b21-5+,24-20+,28-27+. The molecule has 0 saturated carbocycles. The number of hydrogen-bond acceptors (Lipinski definition) is 2. The summed E-state index contributed by atoms with van der Waals surface area (Å²) in [5.74, 6) is -0.0344. The summed E-state index contributed by atoms with van der Waals surface area (Å²) in [6.07, 6.45) is 6.97. The van der Waals surface area contributed by atoms with Crippen LogP contribution in [-0.2, 0) is 4.74 Å². The van der Waals surface area contributed by atoms with Crippen LogP contribution >= 0.6 is 11.6 Å².